The summed E-state index contributed by atoms with van der Waals surface area (Å²) >= 11 is 0. The van der Waals surface area contributed by atoms with Crippen LogP contribution in [0.4, 0.5) is 0 Å². The van der Waals surface area contributed by atoms with Gasteiger partial charge < -0.3 is 10.1 Å². The Morgan fingerprint density at radius 2 is 1.83 bits per heavy atom. The van der Waals surface area contributed by atoms with Gasteiger partial charge in [-0.05, 0) is 86.1 Å². The zero-order chi connectivity index (χ0) is 17.3. The van der Waals surface area contributed by atoms with E-state index in [2.05, 4.69) is 30.4 Å². The topological polar surface area (TPSA) is 38.3 Å². The summed E-state index contributed by atoms with van der Waals surface area (Å²) in [6.07, 6.45) is 3.10. The molecular weight excluding hydrogens is 298 g/mol. The minimum atomic E-state index is 0.0178. The van der Waals surface area contributed by atoms with Gasteiger partial charge in [0, 0.05) is 5.56 Å². The summed E-state index contributed by atoms with van der Waals surface area (Å²) in [6, 6.07) is 10.3. The standard InChI is InChI=1S/C21H25NO2/c1-13-10-15(3)19(11-14(13)2)21(23)22-20-7-5-6-16-12-17(24-4)8-9-18(16)20/h8-12,20H,5-7H2,1-4H3,(H,22,23). The number of aryl methyl sites for hydroxylation is 4. The van der Waals surface area contributed by atoms with Crippen molar-refractivity contribution in [2.75, 3.05) is 7.11 Å². The van der Waals surface area contributed by atoms with E-state index in [9.17, 15) is 4.79 Å². The number of ether oxygens (including phenoxy) is 1. The Labute approximate surface area is 144 Å². The molecule has 0 saturated heterocycles. The average molecular weight is 323 g/mol. The van der Waals surface area contributed by atoms with Crippen LogP contribution in [0.3, 0.4) is 0 Å². The molecule has 0 aromatic heterocycles. The first-order valence-corrected chi connectivity index (χ1v) is 8.55. The van der Waals surface area contributed by atoms with Crippen LogP contribution < -0.4 is 10.1 Å². The molecule has 1 aliphatic rings. The van der Waals surface area contributed by atoms with Gasteiger partial charge in [0.05, 0.1) is 13.2 Å². The van der Waals surface area contributed by atoms with Crippen LogP contribution in [-0.2, 0) is 6.42 Å². The molecule has 0 aliphatic heterocycles. The number of methoxy groups -OCH3 is 1. The molecule has 0 heterocycles. The Bertz CT molecular complexity index is 780. The predicted octanol–water partition coefficient (Wildman–Crippen LogP) is 4.43. The Morgan fingerprint density at radius 3 is 2.58 bits per heavy atom. The normalized spacial score (nSPS) is 16.4. The summed E-state index contributed by atoms with van der Waals surface area (Å²) in [5, 5.41) is 3.24. The van der Waals surface area contributed by atoms with Crippen molar-refractivity contribution < 1.29 is 9.53 Å². The molecule has 3 nitrogen and oxygen atoms in total. The Balaban J connectivity index is 1.85. The quantitative estimate of drug-likeness (QED) is 0.907. The van der Waals surface area contributed by atoms with E-state index in [1.807, 2.05) is 26.0 Å². The van der Waals surface area contributed by atoms with E-state index in [0.717, 1.165) is 41.7 Å². The number of carbonyl (C=O) groups excluding carboxylic acids is 1. The number of amides is 1. The minimum absolute atomic E-state index is 0.0178. The van der Waals surface area contributed by atoms with E-state index < -0.39 is 0 Å². The fourth-order valence-electron chi connectivity index (χ4n) is 3.51. The van der Waals surface area contributed by atoms with E-state index in [-0.39, 0.29) is 11.9 Å². The smallest absolute Gasteiger partial charge is 0.252 e. The monoisotopic (exact) mass is 323 g/mol. The van der Waals surface area contributed by atoms with Gasteiger partial charge in [0.15, 0.2) is 0 Å². The summed E-state index contributed by atoms with van der Waals surface area (Å²) in [6.45, 7) is 6.13. The van der Waals surface area contributed by atoms with E-state index in [1.54, 1.807) is 7.11 Å². The van der Waals surface area contributed by atoms with Crippen LogP contribution in [-0.4, -0.2) is 13.0 Å². The van der Waals surface area contributed by atoms with Crippen LogP contribution in [0.1, 0.15) is 57.1 Å². The highest BCUT2D eigenvalue weighted by molar-refractivity contribution is 5.96. The van der Waals surface area contributed by atoms with Gasteiger partial charge >= 0.3 is 0 Å². The molecule has 24 heavy (non-hydrogen) atoms. The van der Waals surface area contributed by atoms with Gasteiger partial charge in [0.2, 0.25) is 0 Å². The fraction of sp³-hybridized carbons (Fsp3) is 0.381. The van der Waals surface area contributed by atoms with Crippen LogP contribution in [0.2, 0.25) is 0 Å². The van der Waals surface area contributed by atoms with Crippen molar-refractivity contribution in [1.82, 2.24) is 5.32 Å². The second-order valence-corrected chi connectivity index (χ2v) is 6.73. The zero-order valence-electron chi connectivity index (χ0n) is 14.9. The summed E-state index contributed by atoms with van der Waals surface area (Å²) in [5.74, 6) is 0.898. The molecule has 0 spiro atoms. The van der Waals surface area contributed by atoms with Crippen LogP contribution in [0.15, 0.2) is 30.3 Å². The predicted molar refractivity (Wildman–Crippen MR) is 96.8 cm³/mol. The number of hydrogen-bond donors (Lipinski definition) is 1. The summed E-state index contributed by atoms with van der Waals surface area (Å²) in [7, 11) is 1.69. The molecule has 2 aromatic carbocycles. The van der Waals surface area contributed by atoms with Gasteiger partial charge in [-0.2, -0.15) is 0 Å². The fourth-order valence-corrected chi connectivity index (χ4v) is 3.51. The van der Waals surface area contributed by atoms with Crippen molar-refractivity contribution in [2.24, 2.45) is 0 Å². The zero-order valence-corrected chi connectivity index (χ0v) is 14.9. The van der Waals surface area contributed by atoms with E-state index >= 15 is 0 Å². The summed E-state index contributed by atoms with van der Waals surface area (Å²) in [4.78, 5) is 12.8. The maximum absolute atomic E-state index is 12.8. The maximum Gasteiger partial charge on any atom is 0.252 e. The van der Waals surface area contributed by atoms with Crippen LogP contribution in [0.5, 0.6) is 5.75 Å². The van der Waals surface area contributed by atoms with E-state index in [1.165, 1.54) is 16.7 Å². The van der Waals surface area contributed by atoms with Crippen molar-refractivity contribution in [2.45, 2.75) is 46.1 Å². The summed E-state index contributed by atoms with van der Waals surface area (Å²) < 4.78 is 5.32. The van der Waals surface area contributed by atoms with Crippen molar-refractivity contribution >= 4 is 5.91 Å². The van der Waals surface area contributed by atoms with Gasteiger partial charge in [-0.25, -0.2) is 0 Å². The largest absolute Gasteiger partial charge is 0.497 e. The van der Waals surface area contributed by atoms with Gasteiger partial charge in [0.1, 0.15) is 5.75 Å². The Hall–Kier alpha value is -2.29. The van der Waals surface area contributed by atoms with Gasteiger partial charge in [-0.1, -0.05) is 12.1 Å². The molecule has 2 aromatic rings. The number of fused-ring (bicyclic) bond motifs is 1. The van der Waals surface area contributed by atoms with Crippen molar-refractivity contribution in [3.05, 3.63) is 63.7 Å². The third-order valence-electron chi connectivity index (χ3n) is 5.06. The Morgan fingerprint density at radius 1 is 1.08 bits per heavy atom. The lowest BCUT2D eigenvalue weighted by molar-refractivity contribution is 0.0932. The first kappa shape index (κ1) is 16.6. The molecule has 1 unspecified atom stereocenters. The summed E-state index contributed by atoms with van der Waals surface area (Å²) in [5.41, 5.74) is 6.68. The average Bonchev–Trinajstić information content (AvgIpc) is 2.57. The first-order chi connectivity index (χ1) is 11.5. The van der Waals surface area contributed by atoms with Crippen LogP contribution >= 0.6 is 0 Å². The van der Waals surface area contributed by atoms with Gasteiger partial charge in [0.25, 0.3) is 5.91 Å². The number of carbonyl (C=O) groups is 1. The third kappa shape index (κ3) is 3.16. The molecule has 0 radical (unpaired) electrons. The highest BCUT2D eigenvalue weighted by atomic mass is 16.5. The lowest BCUT2D eigenvalue weighted by Gasteiger charge is -2.27. The minimum Gasteiger partial charge on any atom is -0.497 e. The highest BCUT2D eigenvalue weighted by Crippen LogP contribution is 2.32. The number of benzene rings is 2. The van der Waals surface area contributed by atoms with Crippen molar-refractivity contribution in [1.29, 1.82) is 0 Å². The molecule has 0 bridgehead atoms. The highest BCUT2D eigenvalue weighted by Gasteiger charge is 2.23. The first-order valence-electron chi connectivity index (χ1n) is 8.55. The van der Waals surface area contributed by atoms with Gasteiger partial charge in [-0.3, -0.25) is 4.79 Å². The van der Waals surface area contributed by atoms with E-state index in [4.69, 9.17) is 4.74 Å². The second-order valence-electron chi connectivity index (χ2n) is 6.73. The molecule has 3 rings (SSSR count). The molecule has 0 saturated carbocycles. The van der Waals surface area contributed by atoms with Crippen LogP contribution in [0.25, 0.3) is 0 Å². The number of rotatable bonds is 3. The molecule has 1 atom stereocenters. The van der Waals surface area contributed by atoms with E-state index in [0.29, 0.717) is 0 Å². The number of nitrogens with one attached hydrogen (secondary N) is 1. The molecule has 1 aliphatic carbocycles. The Kier molecular flexibility index (Phi) is 4.61. The molecule has 126 valence electrons. The van der Waals surface area contributed by atoms with Crippen molar-refractivity contribution in [3.8, 4) is 5.75 Å². The SMILES string of the molecule is COc1ccc2c(c1)CCCC2NC(=O)c1cc(C)c(C)cc1C. The van der Waals surface area contributed by atoms with Crippen LogP contribution in [0, 0.1) is 20.8 Å². The van der Waals surface area contributed by atoms with Gasteiger partial charge in [-0.15, -0.1) is 0 Å². The van der Waals surface area contributed by atoms with Crippen molar-refractivity contribution in [3.63, 3.8) is 0 Å². The molecule has 0 fully saturated rings. The lowest BCUT2D eigenvalue weighted by atomic mass is 9.87. The molecule has 1 N–H and O–H groups in total. The maximum atomic E-state index is 12.8. The number of hydrogen-bond acceptors (Lipinski definition) is 2. The third-order valence-corrected chi connectivity index (χ3v) is 5.06. The molecule has 3 heteroatoms. The molecule has 1 amide bonds. The molecular formula is C21H25NO2. The second kappa shape index (κ2) is 6.68. The lowest BCUT2D eigenvalue weighted by Crippen LogP contribution is -2.31.